The number of hydrogen-bond acceptors (Lipinski definition) is 2. The summed E-state index contributed by atoms with van der Waals surface area (Å²) in [5.74, 6) is 0. The zero-order chi connectivity index (χ0) is 20.3. The van der Waals surface area contributed by atoms with Crippen molar-refractivity contribution in [3.8, 4) is 0 Å². The van der Waals surface area contributed by atoms with Gasteiger partial charge in [0.05, 0.1) is 5.54 Å². The molecule has 2 amide bonds. The van der Waals surface area contributed by atoms with Gasteiger partial charge in [0.15, 0.2) is 0 Å². The van der Waals surface area contributed by atoms with E-state index in [1.165, 1.54) is 5.69 Å². The summed E-state index contributed by atoms with van der Waals surface area (Å²) >= 11 is 0. The largest absolute Gasteiger partial charge is 0.365 e. The highest BCUT2D eigenvalue weighted by molar-refractivity contribution is 5.76. The molecule has 0 spiro atoms. The van der Waals surface area contributed by atoms with Crippen molar-refractivity contribution in [1.82, 2.24) is 10.2 Å². The number of carbonyl (C=O) groups excluding carboxylic acids is 1. The number of benzene rings is 2. The highest BCUT2D eigenvalue weighted by atomic mass is 16.2. The van der Waals surface area contributed by atoms with Crippen LogP contribution in [0, 0.1) is 0 Å². The first-order chi connectivity index (χ1) is 13.3. The first-order valence-electron chi connectivity index (χ1n) is 9.93. The van der Waals surface area contributed by atoms with E-state index < -0.39 is 5.54 Å². The van der Waals surface area contributed by atoms with Crippen molar-refractivity contribution >= 4 is 17.3 Å². The number of rotatable bonds is 4. The van der Waals surface area contributed by atoms with Crippen molar-refractivity contribution in [1.29, 1.82) is 0 Å². The third-order valence-electron chi connectivity index (χ3n) is 5.50. The van der Waals surface area contributed by atoms with Crippen LogP contribution >= 0.6 is 0 Å². The van der Waals surface area contributed by atoms with Crippen LogP contribution in [0.2, 0.25) is 0 Å². The molecule has 3 rings (SSSR count). The van der Waals surface area contributed by atoms with Crippen LogP contribution in [0.4, 0.5) is 10.5 Å². The number of piperazine rings is 1. The molecule has 0 aromatic heterocycles. The van der Waals surface area contributed by atoms with E-state index in [4.69, 9.17) is 0 Å². The van der Waals surface area contributed by atoms with Crippen LogP contribution in [0.3, 0.4) is 0 Å². The maximum atomic E-state index is 13.0. The van der Waals surface area contributed by atoms with Crippen LogP contribution in [0.15, 0.2) is 61.2 Å². The monoisotopic (exact) mass is 377 g/mol. The Morgan fingerprint density at radius 2 is 1.82 bits per heavy atom. The summed E-state index contributed by atoms with van der Waals surface area (Å²) in [6, 6.07) is 18.9. The van der Waals surface area contributed by atoms with Gasteiger partial charge < -0.3 is 15.1 Å². The van der Waals surface area contributed by atoms with Gasteiger partial charge in [0.25, 0.3) is 0 Å². The van der Waals surface area contributed by atoms with E-state index in [-0.39, 0.29) is 12.1 Å². The van der Waals surface area contributed by atoms with Crippen molar-refractivity contribution in [2.24, 2.45) is 0 Å². The molecule has 0 saturated carbocycles. The van der Waals surface area contributed by atoms with Gasteiger partial charge in [-0.25, -0.2) is 4.79 Å². The van der Waals surface area contributed by atoms with E-state index in [1.807, 2.05) is 43.9 Å². The molecule has 0 radical (unpaired) electrons. The molecule has 0 bridgehead atoms. The summed E-state index contributed by atoms with van der Waals surface area (Å²) in [7, 11) is 0. The van der Waals surface area contributed by atoms with Gasteiger partial charge in [0.2, 0.25) is 0 Å². The lowest BCUT2D eigenvalue weighted by Gasteiger charge is -2.42. The molecule has 4 nitrogen and oxygen atoms in total. The summed E-state index contributed by atoms with van der Waals surface area (Å²) in [5.41, 5.74) is 3.96. The zero-order valence-electron chi connectivity index (χ0n) is 17.4. The second kappa shape index (κ2) is 8.09. The third-order valence-corrected chi connectivity index (χ3v) is 5.50. The molecule has 1 atom stereocenters. The van der Waals surface area contributed by atoms with Crippen molar-refractivity contribution < 1.29 is 4.79 Å². The number of anilines is 1. The molecule has 148 valence electrons. The summed E-state index contributed by atoms with van der Waals surface area (Å²) in [5, 5.41) is 3.22. The number of hydrogen-bond donors (Lipinski definition) is 1. The Labute approximate surface area is 168 Å². The average Bonchev–Trinajstić information content (AvgIpc) is 2.68. The molecule has 1 N–H and O–H groups in total. The maximum absolute atomic E-state index is 13.0. The molecule has 2 aromatic carbocycles. The van der Waals surface area contributed by atoms with E-state index in [0.29, 0.717) is 13.1 Å². The van der Waals surface area contributed by atoms with Crippen LogP contribution in [0.1, 0.15) is 38.8 Å². The summed E-state index contributed by atoms with van der Waals surface area (Å²) in [6.07, 6.45) is 0. The molecule has 1 heterocycles. The quantitative estimate of drug-likeness (QED) is 0.825. The number of para-hydroxylation sites is 1. The molecule has 4 heteroatoms. The predicted molar refractivity (Wildman–Crippen MR) is 118 cm³/mol. The van der Waals surface area contributed by atoms with Crippen molar-refractivity contribution in [3.63, 3.8) is 0 Å². The van der Waals surface area contributed by atoms with Crippen LogP contribution in [0.5, 0.6) is 0 Å². The Morgan fingerprint density at radius 3 is 2.46 bits per heavy atom. The Bertz CT molecular complexity index is 844. The van der Waals surface area contributed by atoms with Crippen molar-refractivity contribution in [2.45, 2.75) is 39.3 Å². The molecular weight excluding hydrogens is 346 g/mol. The molecular formula is C24H31N3O. The van der Waals surface area contributed by atoms with Gasteiger partial charge in [-0.05, 0) is 57.0 Å². The highest BCUT2D eigenvalue weighted by Gasteiger charge is 2.30. The first-order valence-corrected chi connectivity index (χ1v) is 9.93. The number of carbonyl (C=O) groups is 1. The summed E-state index contributed by atoms with van der Waals surface area (Å²) in [4.78, 5) is 17.3. The van der Waals surface area contributed by atoms with Gasteiger partial charge in [-0.1, -0.05) is 48.6 Å². The lowest BCUT2D eigenvalue weighted by molar-refractivity contribution is 0.176. The number of urea groups is 1. The number of amides is 2. The van der Waals surface area contributed by atoms with Crippen LogP contribution < -0.4 is 10.2 Å². The van der Waals surface area contributed by atoms with Gasteiger partial charge in [-0.15, -0.1) is 0 Å². The smallest absolute Gasteiger partial charge is 0.318 e. The molecule has 1 aliphatic rings. The minimum atomic E-state index is -0.456. The maximum Gasteiger partial charge on any atom is 0.318 e. The fourth-order valence-corrected chi connectivity index (χ4v) is 3.74. The second-order valence-electron chi connectivity index (χ2n) is 8.24. The third kappa shape index (κ3) is 4.38. The van der Waals surface area contributed by atoms with E-state index >= 15 is 0 Å². The molecule has 2 aromatic rings. The molecule has 28 heavy (non-hydrogen) atoms. The summed E-state index contributed by atoms with van der Waals surface area (Å²) in [6.45, 7) is 14.6. The zero-order valence-corrected chi connectivity index (χ0v) is 17.4. The Hall–Kier alpha value is -2.75. The fourth-order valence-electron chi connectivity index (χ4n) is 3.74. The first kappa shape index (κ1) is 20.0. The Balaban J connectivity index is 1.66. The minimum Gasteiger partial charge on any atom is -0.365 e. The van der Waals surface area contributed by atoms with Crippen LogP contribution in [-0.4, -0.2) is 36.6 Å². The Kier molecular flexibility index (Phi) is 5.78. The topological polar surface area (TPSA) is 35.6 Å². The van der Waals surface area contributed by atoms with Crippen LogP contribution in [0.25, 0.3) is 5.57 Å². The lowest BCUT2D eigenvalue weighted by Crippen LogP contribution is -2.58. The van der Waals surface area contributed by atoms with Gasteiger partial charge >= 0.3 is 6.03 Å². The van der Waals surface area contributed by atoms with Gasteiger partial charge in [0.1, 0.15) is 0 Å². The van der Waals surface area contributed by atoms with E-state index in [1.54, 1.807) is 0 Å². The SMILES string of the molecule is C=C(C)c1cccc(C(C)(C)NC(=O)N2CCN(c3ccccc3)C(C)C2)c1. The van der Waals surface area contributed by atoms with Gasteiger partial charge in [-0.2, -0.15) is 0 Å². The molecule has 1 fully saturated rings. The van der Waals surface area contributed by atoms with E-state index in [2.05, 4.69) is 60.1 Å². The number of nitrogens with one attached hydrogen (secondary N) is 1. The Morgan fingerprint density at radius 1 is 1.11 bits per heavy atom. The van der Waals surface area contributed by atoms with E-state index in [9.17, 15) is 4.79 Å². The molecule has 0 aliphatic carbocycles. The van der Waals surface area contributed by atoms with Gasteiger partial charge in [0, 0.05) is 31.4 Å². The predicted octanol–water partition coefficient (Wildman–Crippen LogP) is 4.88. The standard InChI is InChI=1S/C24H31N3O/c1-18(2)20-10-9-11-21(16-20)24(4,5)25-23(28)26-14-15-27(19(3)17-26)22-12-7-6-8-13-22/h6-13,16,19H,1,14-15,17H2,2-5H3,(H,25,28). The average molecular weight is 378 g/mol. The van der Waals surface area contributed by atoms with Crippen molar-refractivity contribution in [3.05, 3.63) is 72.3 Å². The number of nitrogens with zero attached hydrogens (tertiary/aromatic N) is 2. The van der Waals surface area contributed by atoms with E-state index in [0.717, 1.165) is 23.2 Å². The molecule has 1 saturated heterocycles. The summed E-state index contributed by atoms with van der Waals surface area (Å²) < 4.78 is 0. The number of allylic oxidation sites excluding steroid dienone is 1. The minimum absolute atomic E-state index is 0.00899. The highest BCUT2D eigenvalue weighted by Crippen LogP contribution is 2.25. The second-order valence-corrected chi connectivity index (χ2v) is 8.24. The normalized spacial score (nSPS) is 17.4. The van der Waals surface area contributed by atoms with Crippen molar-refractivity contribution in [2.75, 3.05) is 24.5 Å². The van der Waals surface area contributed by atoms with Crippen LogP contribution in [-0.2, 0) is 5.54 Å². The molecule has 1 aliphatic heterocycles. The molecule has 1 unspecified atom stereocenters. The fraction of sp³-hybridized carbons (Fsp3) is 0.375. The lowest BCUT2D eigenvalue weighted by atomic mass is 9.92. The van der Waals surface area contributed by atoms with Gasteiger partial charge in [-0.3, -0.25) is 0 Å².